The Balaban J connectivity index is 1.26. The molecule has 1 saturated heterocycles. The molecule has 3 aliphatic carbocycles. The van der Waals surface area contributed by atoms with Gasteiger partial charge in [0.25, 0.3) is 0 Å². The van der Waals surface area contributed by atoms with Crippen molar-refractivity contribution in [3.8, 4) is 11.6 Å². The van der Waals surface area contributed by atoms with Crippen molar-refractivity contribution in [3.63, 3.8) is 0 Å². The summed E-state index contributed by atoms with van der Waals surface area (Å²) in [6, 6.07) is 6.53. The van der Waals surface area contributed by atoms with Crippen LogP contribution in [0.1, 0.15) is 110 Å². The van der Waals surface area contributed by atoms with Gasteiger partial charge in [-0.05, 0) is 94.1 Å². The Kier molecular flexibility index (Phi) is 12.6. The zero-order valence-electron chi connectivity index (χ0n) is 35.5. The van der Waals surface area contributed by atoms with E-state index in [1.807, 2.05) is 45.0 Å². The first-order chi connectivity index (χ1) is 28.5. The summed E-state index contributed by atoms with van der Waals surface area (Å²) in [6.07, 6.45) is 10.6. The number of aromatic nitrogens is 1. The number of allylic oxidation sites excluding steroid dienone is 3. The molecule has 0 radical (unpaired) electrons. The van der Waals surface area contributed by atoms with Crippen molar-refractivity contribution in [2.24, 2.45) is 28.6 Å². The number of benzene rings is 1. The number of hydrogen-bond donors (Lipinski definition) is 2. The molecule has 3 heterocycles. The van der Waals surface area contributed by atoms with Gasteiger partial charge in [0.15, 0.2) is 5.78 Å². The van der Waals surface area contributed by atoms with E-state index in [0.29, 0.717) is 48.4 Å². The zero-order valence-corrected chi connectivity index (χ0v) is 36.3. The smallest absolute Gasteiger partial charge is 0.306 e. The lowest BCUT2D eigenvalue weighted by molar-refractivity contribution is -0.158. The van der Waals surface area contributed by atoms with Crippen molar-refractivity contribution < 1.29 is 46.9 Å². The van der Waals surface area contributed by atoms with Crippen LogP contribution in [0.3, 0.4) is 0 Å². The van der Waals surface area contributed by atoms with Gasteiger partial charge in [-0.3, -0.25) is 23.9 Å². The van der Waals surface area contributed by atoms with Crippen molar-refractivity contribution in [2.75, 3.05) is 19.8 Å². The molecule has 4 fully saturated rings. The van der Waals surface area contributed by atoms with E-state index in [9.17, 15) is 32.7 Å². The third kappa shape index (κ3) is 9.00. The maximum Gasteiger partial charge on any atom is 0.306 e. The normalized spacial score (nSPS) is 29.9. The molecular weight excluding hydrogens is 787 g/mol. The van der Waals surface area contributed by atoms with Gasteiger partial charge in [-0.15, -0.1) is 6.58 Å². The molecule has 2 bridgehead atoms. The SMILES string of the molecule is C=C[C@@H]1C[C@]1(CC(=O)[C@@H]1C[C@@H]2CN1C(=O)[C@H](C(C)(C)C)CC(=O)O[C@@H]1CCC[C@H]1CC/C=C/Cc1c(nc3ccccc3c1OCCCO)O2)C(=O)NS(=O)(=O)C1(C)CC1. The monoisotopic (exact) mass is 847 g/mol. The molecule has 326 valence electrons. The van der Waals surface area contributed by atoms with Crippen LogP contribution < -0.4 is 14.2 Å². The molecule has 60 heavy (non-hydrogen) atoms. The molecule has 13 nitrogen and oxygen atoms in total. The van der Waals surface area contributed by atoms with Gasteiger partial charge >= 0.3 is 5.97 Å². The predicted molar refractivity (Wildman–Crippen MR) is 225 cm³/mol. The third-order valence-corrected chi connectivity index (χ3v) is 15.8. The number of para-hydroxylation sites is 1. The Morgan fingerprint density at radius 1 is 1.12 bits per heavy atom. The van der Waals surface area contributed by atoms with E-state index in [0.717, 1.165) is 37.5 Å². The van der Waals surface area contributed by atoms with Crippen LogP contribution in [0, 0.1) is 28.6 Å². The number of hydrogen-bond acceptors (Lipinski definition) is 11. The average Bonchev–Trinajstić information content (AvgIpc) is 4.01. The number of fused-ring (bicyclic) bond motifs is 5. The molecule has 1 aromatic carbocycles. The number of carbonyl (C=O) groups excluding carboxylic acids is 4. The molecule has 2 amide bonds. The van der Waals surface area contributed by atoms with Crippen molar-refractivity contribution in [1.29, 1.82) is 0 Å². The summed E-state index contributed by atoms with van der Waals surface area (Å²) < 4.78 is 46.9. The fourth-order valence-electron chi connectivity index (χ4n) is 9.34. The highest BCUT2D eigenvalue weighted by Gasteiger charge is 2.62. The minimum absolute atomic E-state index is 0.00285. The Bertz CT molecular complexity index is 2140. The Morgan fingerprint density at radius 3 is 2.58 bits per heavy atom. The van der Waals surface area contributed by atoms with E-state index in [-0.39, 0.29) is 57.5 Å². The highest BCUT2D eigenvalue weighted by molar-refractivity contribution is 7.91. The Hall–Kier alpha value is -4.30. The van der Waals surface area contributed by atoms with Gasteiger partial charge in [0.2, 0.25) is 27.7 Å². The van der Waals surface area contributed by atoms with Crippen molar-refractivity contribution in [2.45, 2.75) is 134 Å². The van der Waals surface area contributed by atoms with Gasteiger partial charge in [-0.25, -0.2) is 13.4 Å². The minimum Gasteiger partial charge on any atom is -0.492 e. The first kappa shape index (κ1) is 43.8. The van der Waals surface area contributed by atoms with E-state index in [4.69, 9.17) is 19.2 Å². The van der Waals surface area contributed by atoms with E-state index >= 15 is 0 Å². The second-order valence-electron chi connectivity index (χ2n) is 19.0. The van der Waals surface area contributed by atoms with Crippen molar-refractivity contribution >= 4 is 44.5 Å². The maximum absolute atomic E-state index is 15.0. The molecule has 5 aliphatic rings. The number of sulfonamides is 1. The van der Waals surface area contributed by atoms with Crippen molar-refractivity contribution in [1.82, 2.24) is 14.6 Å². The van der Waals surface area contributed by atoms with Gasteiger partial charge in [0, 0.05) is 31.3 Å². The summed E-state index contributed by atoms with van der Waals surface area (Å²) in [5, 5.41) is 10.4. The highest BCUT2D eigenvalue weighted by Crippen LogP contribution is 2.57. The quantitative estimate of drug-likeness (QED) is 0.151. The molecule has 7 atom stereocenters. The number of carbonyl (C=O) groups is 4. The largest absolute Gasteiger partial charge is 0.492 e. The maximum atomic E-state index is 15.0. The average molecular weight is 848 g/mol. The predicted octanol–water partition coefficient (Wildman–Crippen LogP) is 6.15. The first-order valence-electron chi connectivity index (χ1n) is 21.7. The summed E-state index contributed by atoms with van der Waals surface area (Å²) >= 11 is 0. The van der Waals surface area contributed by atoms with Gasteiger partial charge in [-0.1, -0.05) is 51.1 Å². The number of nitrogens with zero attached hydrogens (tertiary/aromatic N) is 2. The first-order valence-corrected chi connectivity index (χ1v) is 23.2. The van der Waals surface area contributed by atoms with E-state index < -0.39 is 73.1 Å². The molecule has 14 heteroatoms. The molecule has 2 aromatic rings. The molecule has 7 rings (SSSR count). The van der Waals surface area contributed by atoms with Crippen LogP contribution >= 0.6 is 0 Å². The van der Waals surface area contributed by atoms with Crippen molar-refractivity contribution in [3.05, 3.63) is 54.6 Å². The molecule has 3 saturated carbocycles. The number of ketones is 1. The summed E-state index contributed by atoms with van der Waals surface area (Å²) in [4.78, 5) is 63.7. The lowest BCUT2D eigenvalue weighted by Gasteiger charge is -2.35. The zero-order chi connectivity index (χ0) is 43.0. The Morgan fingerprint density at radius 2 is 1.88 bits per heavy atom. The summed E-state index contributed by atoms with van der Waals surface area (Å²) in [5.74, 6) is -2.16. The van der Waals surface area contributed by atoms with E-state index in [2.05, 4.69) is 23.5 Å². The van der Waals surface area contributed by atoms with Crippen LogP contribution in [0.5, 0.6) is 11.6 Å². The third-order valence-electron chi connectivity index (χ3n) is 13.6. The molecule has 2 N–H and O–H groups in total. The van der Waals surface area contributed by atoms with Gasteiger partial charge in [-0.2, -0.15) is 0 Å². The molecular formula is C46H61N3O10S. The highest BCUT2D eigenvalue weighted by atomic mass is 32.2. The summed E-state index contributed by atoms with van der Waals surface area (Å²) in [6.45, 7) is 11.4. The number of nitrogens with one attached hydrogen (secondary N) is 1. The van der Waals surface area contributed by atoms with Gasteiger partial charge < -0.3 is 24.2 Å². The lowest BCUT2D eigenvalue weighted by Crippen LogP contribution is -2.49. The number of rotatable bonds is 11. The Labute approximate surface area is 353 Å². The van der Waals surface area contributed by atoms with Gasteiger partial charge in [0.1, 0.15) is 18.0 Å². The second kappa shape index (κ2) is 17.2. The topological polar surface area (TPSA) is 178 Å². The van der Waals surface area contributed by atoms with Gasteiger partial charge in [0.05, 0.1) is 52.8 Å². The molecule has 1 aromatic heterocycles. The summed E-state index contributed by atoms with van der Waals surface area (Å²) in [7, 11) is -3.98. The molecule has 0 spiro atoms. The molecule has 0 unspecified atom stereocenters. The van der Waals surface area contributed by atoms with E-state index in [1.54, 1.807) is 13.0 Å². The standard InChI is InChI=1S/C46H61N3O10S/c1-6-30-26-46(30,43(54)48-60(55,56)45(5)20-21-45)27-37(51)36-24-31-28-49(36)42(53)34(44(2,3)4)25-39(52)59-38-19-12-15-29(38)14-8-7-9-17-33-40(57-23-13-22-50)32-16-10-11-18-35(32)47-41(33)58-31/h6-7,9-11,16,18,29-31,34,36,38,50H,1,8,12-15,17,19-28H2,2-5H3,(H,48,54)/b9-7+/t29-,30-,31-,34-,36+,38-,46-/m1/s1. The van der Waals surface area contributed by atoms with Crippen LogP contribution in [0.25, 0.3) is 10.9 Å². The van der Waals surface area contributed by atoms with Crippen LogP contribution in [-0.4, -0.2) is 89.7 Å². The van der Waals surface area contributed by atoms with E-state index in [1.165, 1.54) is 4.90 Å². The number of pyridine rings is 1. The number of aliphatic hydroxyl groups is 1. The number of amides is 2. The molecule has 2 aliphatic heterocycles. The minimum atomic E-state index is -3.98. The van der Waals surface area contributed by atoms with Crippen LogP contribution in [-0.2, 0) is 40.4 Å². The van der Waals surface area contributed by atoms with Crippen LogP contribution in [0.4, 0.5) is 0 Å². The summed E-state index contributed by atoms with van der Waals surface area (Å²) in [5.41, 5.74) is -0.700. The lowest BCUT2D eigenvalue weighted by atomic mass is 9.77. The number of aliphatic hydroxyl groups excluding tert-OH is 1. The van der Waals surface area contributed by atoms with Crippen LogP contribution in [0.2, 0.25) is 0 Å². The second-order valence-corrected chi connectivity index (χ2v) is 21.2. The number of esters is 1. The van der Waals surface area contributed by atoms with Crippen LogP contribution in [0.15, 0.2) is 49.1 Å². The number of Topliss-reactive ketones (excluding diaryl/α,β-unsaturated/α-hetero) is 1. The fourth-order valence-corrected chi connectivity index (χ4v) is 10.7. The number of ether oxygens (including phenoxy) is 3. The fraction of sp³-hybridized carbons (Fsp3) is 0.630.